The molecule has 1 aromatic carbocycles. The highest BCUT2D eigenvalue weighted by molar-refractivity contribution is 5.80. The molecule has 0 saturated heterocycles. The molecule has 4 fully saturated rings. The summed E-state index contributed by atoms with van der Waals surface area (Å²) >= 11 is 0. The molecule has 0 radical (unpaired) electrons. The normalized spacial score (nSPS) is 33.2. The van der Waals surface area contributed by atoms with Gasteiger partial charge in [-0.05, 0) is 74.7 Å². The van der Waals surface area contributed by atoms with Crippen LogP contribution in [0.5, 0.6) is 11.5 Å². The molecule has 1 N–H and O–H groups in total. The summed E-state index contributed by atoms with van der Waals surface area (Å²) in [4.78, 5) is 11.4. The Morgan fingerprint density at radius 3 is 2.35 bits per heavy atom. The van der Waals surface area contributed by atoms with Crippen LogP contribution >= 0.6 is 0 Å². The molecule has 5 nitrogen and oxygen atoms in total. The number of rotatable bonds is 7. The van der Waals surface area contributed by atoms with Crippen LogP contribution in [0.4, 0.5) is 0 Å². The Morgan fingerprint density at radius 1 is 1.19 bits per heavy atom. The van der Waals surface area contributed by atoms with Crippen molar-refractivity contribution >= 4 is 6.29 Å². The molecule has 1 aromatic rings. The van der Waals surface area contributed by atoms with Crippen molar-refractivity contribution < 1.29 is 24.1 Å². The van der Waals surface area contributed by atoms with Crippen molar-refractivity contribution in [3.05, 3.63) is 23.3 Å². The Hall–Kier alpha value is -1.59. The van der Waals surface area contributed by atoms with Gasteiger partial charge in [0.05, 0.1) is 5.56 Å². The van der Waals surface area contributed by atoms with Crippen molar-refractivity contribution in [2.24, 2.45) is 17.8 Å². The van der Waals surface area contributed by atoms with Crippen molar-refractivity contribution in [1.29, 1.82) is 0 Å². The number of methoxy groups -OCH3 is 1. The zero-order chi connectivity index (χ0) is 18.3. The lowest BCUT2D eigenvalue weighted by Gasteiger charge is -2.57. The monoisotopic (exact) mass is 360 g/mol. The maximum atomic E-state index is 11.4. The lowest BCUT2D eigenvalue weighted by atomic mass is 9.48. The topological polar surface area (TPSA) is 65.0 Å². The third kappa shape index (κ3) is 3.12. The van der Waals surface area contributed by atoms with Gasteiger partial charge in [0, 0.05) is 18.7 Å². The minimum Gasteiger partial charge on any atom is -0.507 e. The summed E-state index contributed by atoms with van der Waals surface area (Å²) in [6.45, 7) is 1.85. The minimum atomic E-state index is -0.360. The fourth-order valence-corrected chi connectivity index (χ4v) is 5.92. The molecule has 26 heavy (non-hydrogen) atoms. The third-order valence-electron chi connectivity index (χ3n) is 6.71. The van der Waals surface area contributed by atoms with E-state index < -0.39 is 0 Å². The molecule has 4 bridgehead atoms. The van der Waals surface area contributed by atoms with Crippen LogP contribution in [0.15, 0.2) is 12.1 Å². The predicted octanol–water partition coefficient (Wildman–Crippen LogP) is 4.02. The Morgan fingerprint density at radius 2 is 1.81 bits per heavy atom. The van der Waals surface area contributed by atoms with Crippen LogP contribution in [-0.4, -0.2) is 31.6 Å². The first kappa shape index (κ1) is 17.8. The van der Waals surface area contributed by atoms with Gasteiger partial charge >= 0.3 is 0 Å². The van der Waals surface area contributed by atoms with Gasteiger partial charge in [-0.25, -0.2) is 0 Å². The van der Waals surface area contributed by atoms with E-state index in [1.807, 2.05) is 6.07 Å². The van der Waals surface area contributed by atoms with Gasteiger partial charge in [-0.3, -0.25) is 4.79 Å². The molecule has 0 aromatic heterocycles. The molecule has 4 saturated carbocycles. The number of phenols is 1. The number of phenolic OH excluding ortho intramolecular Hbond substituents is 1. The molecule has 1 atom stereocenters. The average Bonchev–Trinajstić information content (AvgIpc) is 2.60. The quantitative estimate of drug-likeness (QED) is 0.588. The van der Waals surface area contributed by atoms with Gasteiger partial charge in [-0.15, -0.1) is 0 Å². The Kier molecular flexibility index (Phi) is 4.70. The fraction of sp³-hybridized carbons (Fsp3) is 0.667. The van der Waals surface area contributed by atoms with Gasteiger partial charge in [-0.1, -0.05) is 0 Å². The summed E-state index contributed by atoms with van der Waals surface area (Å²) in [5.41, 5.74) is 1.49. The van der Waals surface area contributed by atoms with Crippen molar-refractivity contribution in [2.75, 3.05) is 13.9 Å². The number of carbonyl (C=O) groups excluding carboxylic acids is 1. The second-order valence-corrected chi connectivity index (χ2v) is 8.46. The standard InChI is InChI=1S/C21H28O5/c1-13(24-2)25-12-26-20-7-19(23)17(11-22)6-18(20)21-8-14-3-15(9-21)5-16(4-14)10-21/h6-7,11,13-16,23H,3-5,8-10,12H2,1-2H3. The van der Waals surface area contributed by atoms with Gasteiger partial charge < -0.3 is 19.3 Å². The molecule has 0 heterocycles. The van der Waals surface area contributed by atoms with Crippen LogP contribution in [0.3, 0.4) is 0 Å². The highest BCUT2D eigenvalue weighted by atomic mass is 16.7. The second-order valence-electron chi connectivity index (χ2n) is 8.46. The predicted molar refractivity (Wildman–Crippen MR) is 96.4 cm³/mol. The number of benzene rings is 1. The van der Waals surface area contributed by atoms with E-state index in [2.05, 4.69) is 0 Å². The Balaban J connectivity index is 1.66. The zero-order valence-electron chi connectivity index (χ0n) is 15.6. The van der Waals surface area contributed by atoms with Crippen LogP contribution in [0.1, 0.15) is 61.4 Å². The highest BCUT2D eigenvalue weighted by Crippen LogP contribution is 2.62. The lowest BCUT2D eigenvalue weighted by Crippen LogP contribution is -2.48. The minimum absolute atomic E-state index is 0.0386. The van der Waals surface area contributed by atoms with Crippen LogP contribution < -0.4 is 4.74 Å². The van der Waals surface area contributed by atoms with E-state index >= 15 is 0 Å². The zero-order valence-corrected chi connectivity index (χ0v) is 15.6. The second kappa shape index (κ2) is 6.86. The average molecular weight is 360 g/mol. The van der Waals surface area contributed by atoms with E-state index in [-0.39, 0.29) is 24.2 Å². The van der Waals surface area contributed by atoms with E-state index in [4.69, 9.17) is 14.2 Å². The molecule has 1 unspecified atom stereocenters. The van der Waals surface area contributed by atoms with Gasteiger partial charge in [0.25, 0.3) is 0 Å². The summed E-state index contributed by atoms with van der Waals surface area (Å²) in [7, 11) is 1.58. The summed E-state index contributed by atoms with van der Waals surface area (Å²) in [6.07, 6.45) is 7.90. The Labute approximate surface area is 154 Å². The van der Waals surface area contributed by atoms with Gasteiger partial charge in [0.1, 0.15) is 11.5 Å². The summed E-state index contributed by atoms with van der Waals surface area (Å²) in [5, 5.41) is 10.2. The first-order valence-electron chi connectivity index (χ1n) is 9.63. The van der Waals surface area contributed by atoms with E-state index in [1.54, 1.807) is 20.1 Å². The number of carbonyl (C=O) groups is 1. The number of hydrogen-bond acceptors (Lipinski definition) is 5. The summed E-state index contributed by atoms with van der Waals surface area (Å²) in [6, 6.07) is 3.43. The molecule has 0 spiro atoms. The highest BCUT2D eigenvalue weighted by Gasteiger charge is 2.52. The molecule has 5 heteroatoms. The van der Waals surface area contributed by atoms with Crippen molar-refractivity contribution in [1.82, 2.24) is 0 Å². The molecule has 142 valence electrons. The van der Waals surface area contributed by atoms with Crippen molar-refractivity contribution in [3.63, 3.8) is 0 Å². The van der Waals surface area contributed by atoms with Crippen molar-refractivity contribution in [3.8, 4) is 11.5 Å². The third-order valence-corrected chi connectivity index (χ3v) is 6.71. The molecule has 4 aliphatic carbocycles. The molecule has 0 aliphatic heterocycles. The maximum Gasteiger partial charge on any atom is 0.191 e. The van der Waals surface area contributed by atoms with Gasteiger partial charge in [-0.2, -0.15) is 0 Å². The molecular formula is C21H28O5. The van der Waals surface area contributed by atoms with E-state index in [1.165, 1.54) is 19.3 Å². The van der Waals surface area contributed by atoms with Crippen molar-refractivity contribution in [2.45, 2.75) is 57.2 Å². The lowest BCUT2D eigenvalue weighted by molar-refractivity contribution is -0.150. The SMILES string of the molecule is COC(C)OCOc1cc(O)c(C=O)cc1C12CC3CC(CC(C3)C1)C2. The maximum absolute atomic E-state index is 11.4. The number of ether oxygens (including phenoxy) is 3. The van der Waals surface area contributed by atoms with E-state index in [0.29, 0.717) is 11.3 Å². The molecule has 4 aliphatic rings. The van der Waals surface area contributed by atoms with Gasteiger partial charge in [0.2, 0.25) is 0 Å². The van der Waals surface area contributed by atoms with Crippen LogP contribution in [-0.2, 0) is 14.9 Å². The Bertz CT molecular complexity index is 648. The van der Waals surface area contributed by atoms with E-state index in [9.17, 15) is 9.90 Å². The largest absolute Gasteiger partial charge is 0.507 e. The number of aldehydes is 1. The van der Waals surface area contributed by atoms with E-state index in [0.717, 1.165) is 48.9 Å². The summed E-state index contributed by atoms with van der Waals surface area (Å²) in [5.74, 6) is 2.95. The summed E-state index contributed by atoms with van der Waals surface area (Å²) < 4.78 is 16.5. The molecule has 0 amide bonds. The smallest absolute Gasteiger partial charge is 0.191 e. The number of hydrogen-bond donors (Lipinski definition) is 1. The first-order chi connectivity index (χ1) is 12.5. The first-order valence-corrected chi connectivity index (χ1v) is 9.63. The van der Waals surface area contributed by atoms with Crippen LogP contribution in [0.2, 0.25) is 0 Å². The van der Waals surface area contributed by atoms with Crippen LogP contribution in [0.25, 0.3) is 0 Å². The van der Waals surface area contributed by atoms with Crippen LogP contribution in [0, 0.1) is 17.8 Å². The number of aromatic hydroxyl groups is 1. The fourth-order valence-electron chi connectivity index (χ4n) is 5.92. The molecule has 5 rings (SSSR count). The molecular weight excluding hydrogens is 332 g/mol. The van der Waals surface area contributed by atoms with Gasteiger partial charge in [0.15, 0.2) is 19.4 Å².